The highest BCUT2D eigenvalue weighted by atomic mass is 32.1. The van der Waals surface area contributed by atoms with Crippen molar-refractivity contribution in [3.63, 3.8) is 0 Å². The zero-order valence-corrected chi connectivity index (χ0v) is 13.5. The first-order valence-electron chi connectivity index (χ1n) is 7.73. The number of hydrogen-bond acceptors (Lipinski definition) is 4. The van der Waals surface area contributed by atoms with E-state index >= 15 is 0 Å². The van der Waals surface area contributed by atoms with Gasteiger partial charge in [-0.15, -0.1) is 11.3 Å². The Hall–Kier alpha value is -2.32. The lowest BCUT2D eigenvalue weighted by Crippen LogP contribution is -2.30. The van der Waals surface area contributed by atoms with Gasteiger partial charge in [0.1, 0.15) is 0 Å². The number of thiazole rings is 1. The maximum absolute atomic E-state index is 12.7. The van der Waals surface area contributed by atoms with E-state index in [2.05, 4.69) is 16.3 Å². The monoisotopic (exact) mass is 323 g/mol. The fourth-order valence-electron chi connectivity index (χ4n) is 3.42. The maximum Gasteiger partial charge on any atom is 0.282 e. The van der Waals surface area contributed by atoms with Gasteiger partial charge in [-0.25, -0.2) is 4.98 Å². The molecule has 2 aliphatic rings. The lowest BCUT2D eigenvalue weighted by Gasteiger charge is -2.15. The number of amides is 1. The van der Waals surface area contributed by atoms with Gasteiger partial charge in [-0.05, 0) is 12.8 Å². The average Bonchev–Trinajstić information content (AvgIpc) is 2.98. The lowest BCUT2D eigenvalue weighted by molar-refractivity contribution is 0.0784. The van der Waals surface area contributed by atoms with Gasteiger partial charge in [0.05, 0.1) is 5.69 Å². The van der Waals surface area contributed by atoms with E-state index in [1.165, 1.54) is 11.3 Å². The Bertz CT molecular complexity index is 779. The van der Waals surface area contributed by atoms with Crippen LogP contribution in [0.25, 0.3) is 11.3 Å². The van der Waals surface area contributed by atoms with Crippen LogP contribution in [0.3, 0.4) is 0 Å². The third-order valence-electron chi connectivity index (χ3n) is 4.88. The molecular formula is C18H17N3OS. The smallest absolute Gasteiger partial charge is 0.282 e. The van der Waals surface area contributed by atoms with E-state index in [1.807, 2.05) is 40.6 Å². The first-order valence-corrected chi connectivity index (χ1v) is 8.61. The summed E-state index contributed by atoms with van der Waals surface area (Å²) in [5.41, 5.74) is 2.11. The van der Waals surface area contributed by atoms with Gasteiger partial charge in [0.25, 0.3) is 5.91 Å². The number of likely N-dealkylation sites (tertiary alicyclic amines) is 1. The van der Waals surface area contributed by atoms with E-state index in [0.717, 1.165) is 37.2 Å². The zero-order valence-electron chi connectivity index (χ0n) is 12.7. The third-order valence-corrected chi connectivity index (χ3v) is 5.71. The number of hydrogen-bond donors (Lipinski definition) is 1. The Balaban J connectivity index is 1.47. The van der Waals surface area contributed by atoms with Gasteiger partial charge in [0.15, 0.2) is 5.01 Å². The molecule has 23 heavy (non-hydrogen) atoms. The molecular weight excluding hydrogens is 306 g/mol. The molecule has 2 heterocycles. The van der Waals surface area contributed by atoms with Crippen LogP contribution in [-0.4, -0.2) is 34.9 Å². The Labute approximate surface area is 139 Å². The summed E-state index contributed by atoms with van der Waals surface area (Å²) in [6, 6.07) is 12.8. The van der Waals surface area contributed by atoms with Gasteiger partial charge >= 0.3 is 0 Å². The second-order valence-corrected chi connectivity index (χ2v) is 7.15. The standard InChI is InChI=1S/C18H17N3OS/c1-2-19-15-10-18(15)8-9-21(12-18)17(22)16-20-14(11-23-16)13-6-4-3-5-7-13/h1,3-7,11,15,19H,8-10,12H2/t15?,18-/m1/s1. The van der Waals surface area contributed by atoms with Crippen LogP contribution in [0, 0.1) is 17.9 Å². The molecule has 1 aliphatic carbocycles. The van der Waals surface area contributed by atoms with Gasteiger partial charge in [-0.1, -0.05) is 36.8 Å². The van der Waals surface area contributed by atoms with Crippen molar-refractivity contribution < 1.29 is 4.79 Å². The second-order valence-electron chi connectivity index (χ2n) is 6.29. The number of nitrogens with zero attached hydrogens (tertiary/aromatic N) is 2. The Morgan fingerprint density at radius 3 is 3.04 bits per heavy atom. The molecule has 116 valence electrons. The van der Waals surface area contributed by atoms with Crippen LogP contribution in [0.2, 0.25) is 0 Å². The van der Waals surface area contributed by atoms with Crippen molar-refractivity contribution in [2.24, 2.45) is 5.41 Å². The van der Waals surface area contributed by atoms with E-state index in [0.29, 0.717) is 11.0 Å². The number of rotatable bonds is 3. The highest BCUT2D eigenvalue weighted by Gasteiger charge is 2.58. The van der Waals surface area contributed by atoms with Gasteiger partial charge in [0.2, 0.25) is 0 Å². The molecule has 1 amide bonds. The normalized spacial score (nSPS) is 25.3. The number of benzene rings is 1. The Kier molecular flexibility index (Phi) is 3.35. The predicted octanol–water partition coefficient (Wildman–Crippen LogP) is 2.60. The minimum Gasteiger partial charge on any atom is -0.342 e. The van der Waals surface area contributed by atoms with Crippen molar-refractivity contribution in [3.8, 4) is 23.7 Å². The molecule has 2 atom stereocenters. The molecule has 1 aromatic heterocycles. The SMILES string of the molecule is C#CNC1C[C@@]12CCN(C(=O)c1nc(-c3ccccc3)cs1)C2. The van der Waals surface area contributed by atoms with Crippen LogP contribution < -0.4 is 5.32 Å². The number of carbonyl (C=O) groups excluding carboxylic acids is 1. The van der Waals surface area contributed by atoms with E-state index in [-0.39, 0.29) is 11.3 Å². The van der Waals surface area contributed by atoms with E-state index in [1.54, 1.807) is 0 Å². The maximum atomic E-state index is 12.7. The predicted molar refractivity (Wildman–Crippen MR) is 90.9 cm³/mol. The molecule has 1 unspecified atom stereocenters. The van der Waals surface area contributed by atoms with Crippen LogP contribution >= 0.6 is 11.3 Å². The van der Waals surface area contributed by atoms with Gasteiger partial charge in [-0.3, -0.25) is 4.79 Å². The van der Waals surface area contributed by atoms with Crippen LogP contribution in [-0.2, 0) is 0 Å². The van der Waals surface area contributed by atoms with Crippen LogP contribution in [0.1, 0.15) is 22.6 Å². The molecule has 1 aromatic carbocycles. The highest BCUT2D eigenvalue weighted by molar-refractivity contribution is 7.12. The minimum atomic E-state index is 0.0420. The van der Waals surface area contributed by atoms with Gasteiger partial charge in [-0.2, -0.15) is 0 Å². The molecule has 1 saturated carbocycles. The number of terminal acetylenes is 1. The first-order chi connectivity index (χ1) is 11.2. The minimum absolute atomic E-state index is 0.0420. The third kappa shape index (κ3) is 2.49. The summed E-state index contributed by atoms with van der Waals surface area (Å²) in [6.07, 6.45) is 7.40. The number of nitrogens with one attached hydrogen (secondary N) is 1. The molecule has 4 nitrogen and oxygen atoms in total. The number of carbonyl (C=O) groups is 1. The Morgan fingerprint density at radius 2 is 2.26 bits per heavy atom. The van der Waals surface area contributed by atoms with Crippen molar-refractivity contribution in [3.05, 3.63) is 40.7 Å². The summed E-state index contributed by atoms with van der Waals surface area (Å²) >= 11 is 1.42. The van der Waals surface area contributed by atoms with Crippen LogP contribution in [0.5, 0.6) is 0 Å². The summed E-state index contributed by atoms with van der Waals surface area (Å²) in [4.78, 5) is 19.1. The summed E-state index contributed by atoms with van der Waals surface area (Å²) in [5, 5.41) is 5.58. The lowest BCUT2D eigenvalue weighted by atomic mass is 10.1. The van der Waals surface area contributed by atoms with E-state index in [4.69, 9.17) is 6.42 Å². The molecule has 2 fully saturated rings. The first kappa shape index (κ1) is 14.3. The molecule has 4 rings (SSSR count). The van der Waals surface area contributed by atoms with E-state index in [9.17, 15) is 4.79 Å². The van der Waals surface area contributed by atoms with Crippen molar-refractivity contribution >= 4 is 17.2 Å². The summed E-state index contributed by atoms with van der Waals surface area (Å²) in [6.45, 7) is 1.58. The molecule has 0 bridgehead atoms. The van der Waals surface area contributed by atoms with E-state index < -0.39 is 0 Å². The summed E-state index contributed by atoms with van der Waals surface area (Å²) < 4.78 is 0. The molecule has 1 saturated heterocycles. The average molecular weight is 323 g/mol. The molecule has 1 N–H and O–H groups in total. The fourth-order valence-corrected chi connectivity index (χ4v) is 4.21. The van der Waals surface area contributed by atoms with Gasteiger partial charge in [0, 0.05) is 41.5 Å². The van der Waals surface area contributed by atoms with Crippen molar-refractivity contribution in [2.75, 3.05) is 13.1 Å². The number of aromatic nitrogens is 1. The highest BCUT2D eigenvalue weighted by Crippen LogP contribution is 2.53. The largest absolute Gasteiger partial charge is 0.342 e. The molecule has 1 aliphatic heterocycles. The summed E-state index contributed by atoms with van der Waals surface area (Å²) in [7, 11) is 0. The molecule has 1 spiro atoms. The van der Waals surface area contributed by atoms with Crippen molar-refractivity contribution in [2.45, 2.75) is 18.9 Å². The van der Waals surface area contributed by atoms with Gasteiger partial charge < -0.3 is 10.2 Å². The quantitative estimate of drug-likeness (QED) is 0.697. The topological polar surface area (TPSA) is 45.2 Å². The zero-order chi connectivity index (χ0) is 15.9. The Morgan fingerprint density at radius 1 is 1.43 bits per heavy atom. The second kappa shape index (κ2) is 5.39. The summed E-state index contributed by atoms with van der Waals surface area (Å²) in [5.74, 6) is 0.0420. The molecule has 5 heteroatoms. The fraction of sp³-hybridized carbons (Fsp3) is 0.333. The van der Waals surface area contributed by atoms with Crippen molar-refractivity contribution in [1.82, 2.24) is 15.2 Å². The van der Waals surface area contributed by atoms with Crippen LogP contribution in [0.4, 0.5) is 0 Å². The van der Waals surface area contributed by atoms with Crippen LogP contribution in [0.15, 0.2) is 35.7 Å². The molecule has 2 aromatic rings. The van der Waals surface area contributed by atoms with Crippen molar-refractivity contribution in [1.29, 1.82) is 0 Å². The molecule has 0 radical (unpaired) electrons.